The molecule has 146 valence electrons. The monoisotopic (exact) mass is 397 g/mol. The zero-order valence-electron chi connectivity index (χ0n) is 15.8. The minimum atomic E-state index is -0.466. The number of carbonyl (C=O) groups excluding carboxylic acids is 1. The summed E-state index contributed by atoms with van der Waals surface area (Å²) in [5.41, 5.74) is 1.39. The van der Waals surface area contributed by atoms with Crippen LogP contribution in [-0.4, -0.2) is 36.5 Å². The van der Waals surface area contributed by atoms with Crippen LogP contribution in [0.15, 0.2) is 58.1 Å². The second-order valence-corrected chi connectivity index (χ2v) is 8.00. The van der Waals surface area contributed by atoms with Crippen molar-refractivity contribution in [1.29, 1.82) is 0 Å². The fraction of sp³-hybridized carbons (Fsp3) is 0.364. The summed E-state index contributed by atoms with van der Waals surface area (Å²) < 4.78 is 16.8. The summed E-state index contributed by atoms with van der Waals surface area (Å²) in [6, 6.07) is 12.1. The van der Waals surface area contributed by atoms with E-state index in [1.54, 1.807) is 24.2 Å². The predicted molar refractivity (Wildman–Crippen MR) is 109 cm³/mol. The topological polar surface area (TPSA) is 61.6 Å². The van der Waals surface area contributed by atoms with Crippen LogP contribution in [0.3, 0.4) is 0 Å². The van der Waals surface area contributed by atoms with Gasteiger partial charge in [0.2, 0.25) is 0 Å². The molecule has 3 heterocycles. The number of thioether (sulfide) groups is 1. The molecule has 0 bridgehead atoms. The number of rotatable bonds is 6. The van der Waals surface area contributed by atoms with Gasteiger partial charge in [-0.05, 0) is 56.2 Å². The van der Waals surface area contributed by atoms with Crippen LogP contribution >= 0.6 is 11.8 Å². The zero-order valence-corrected chi connectivity index (χ0v) is 16.7. The van der Waals surface area contributed by atoms with Gasteiger partial charge in [-0.3, -0.25) is 9.78 Å². The summed E-state index contributed by atoms with van der Waals surface area (Å²) in [6.45, 7) is 3.47. The first-order chi connectivity index (χ1) is 13.7. The molecule has 0 amide bonds. The number of hydrogen-bond donors (Lipinski definition) is 0. The molecule has 1 aromatic carbocycles. The summed E-state index contributed by atoms with van der Waals surface area (Å²) in [5.74, 6) is 1.41. The van der Waals surface area contributed by atoms with E-state index in [-0.39, 0.29) is 5.97 Å². The summed E-state index contributed by atoms with van der Waals surface area (Å²) in [4.78, 5) is 17.8. The van der Waals surface area contributed by atoms with Gasteiger partial charge in [0.05, 0.1) is 12.0 Å². The van der Waals surface area contributed by atoms with Gasteiger partial charge in [-0.1, -0.05) is 0 Å². The highest BCUT2D eigenvalue weighted by atomic mass is 32.2. The van der Waals surface area contributed by atoms with Crippen molar-refractivity contribution in [2.24, 2.45) is 5.41 Å². The van der Waals surface area contributed by atoms with Crippen molar-refractivity contribution in [3.8, 4) is 11.3 Å². The molecule has 0 unspecified atom stereocenters. The highest BCUT2D eigenvalue weighted by Gasteiger charge is 2.41. The van der Waals surface area contributed by atoms with Crippen LogP contribution in [0.25, 0.3) is 22.3 Å². The van der Waals surface area contributed by atoms with E-state index in [9.17, 15) is 4.79 Å². The molecule has 5 nitrogen and oxygen atoms in total. The van der Waals surface area contributed by atoms with E-state index < -0.39 is 5.41 Å². The maximum atomic E-state index is 12.6. The fourth-order valence-corrected chi connectivity index (χ4v) is 4.67. The first kappa shape index (κ1) is 19.0. The third-order valence-electron chi connectivity index (χ3n) is 5.13. The first-order valence-electron chi connectivity index (χ1n) is 9.52. The average Bonchev–Trinajstić information content (AvgIpc) is 3.17. The van der Waals surface area contributed by atoms with Crippen molar-refractivity contribution < 1.29 is 18.7 Å². The van der Waals surface area contributed by atoms with Crippen LogP contribution in [-0.2, 0) is 14.3 Å². The van der Waals surface area contributed by atoms with Gasteiger partial charge < -0.3 is 13.9 Å². The van der Waals surface area contributed by atoms with Crippen LogP contribution in [0.1, 0.15) is 19.8 Å². The lowest BCUT2D eigenvalue weighted by Gasteiger charge is -2.34. The van der Waals surface area contributed by atoms with Gasteiger partial charge in [-0.2, -0.15) is 0 Å². The molecule has 1 saturated heterocycles. The van der Waals surface area contributed by atoms with Gasteiger partial charge in [-0.25, -0.2) is 0 Å². The molecule has 1 fully saturated rings. The number of fused-ring (bicyclic) bond motifs is 1. The normalized spacial score (nSPS) is 16.2. The van der Waals surface area contributed by atoms with E-state index in [0.29, 0.717) is 38.4 Å². The Labute approximate surface area is 168 Å². The largest absolute Gasteiger partial charge is 0.466 e. The lowest BCUT2D eigenvalue weighted by Crippen LogP contribution is -2.40. The summed E-state index contributed by atoms with van der Waals surface area (Å²) in [5, 5.41) is 1.05. The minimum absolute atomic E-state index is 0.102. The third kappa shape index (κ3) is 3.93. The molecule has 6 heteroatoms. The zero-order chi connectivity index (χ0) is 19.4. The van der Waals surface area contributed by atoms with E-state index in [2.05, 4.69) is 11.1 Å². The first-order valence-corrected chi connectivity index (χ1v) is 10.5. The molecule has 0 aliphatic carbocycles. The Bertz CT molecular complexity index is 948. The van der Waals surface area contributed by atoms with Gasteiger partial charge in [-0.15, -0.1) is 11.8 Å². The summed E-state index contributed by atoms with van der Waals surface area (Å²) >= 11 is 1.69. The molecule has 2 aromatic heterocycles. The fourth-order valence-electron chi connectivity index (χ4n) is 3.44. The second-order valence-electron chi connectivity index (χ2n) is 6.95. The van der Waals surface area contributed by atoms with Gasteiger partial charge in [0, 0.05) is 47.2 Å². The number of aromatic nitrogens is 1. The number of carbonyl (C=O) groups is 1. The molecule has 0 saturated carbocycles. The lowest BCUT2D eigenvalue weighted by atomic mass is 9.82. The Morgan fingerprint density at radius 1 is 1.18 bits per heavy atom. The molecular weight excluding hydrogens is 374 g/mol. The number of nitrogens with zero attached hydrogens (tertiary/aromatic N) is 1. The van der Waals surface area contributed by atoms with Crippen molar-refractivity contribution in [3.05, 3.63) is 48.8 Å². The second kappa shape index (κ2) is 8.37. The predicted octanol–water partition coefficient (Wildman–Crippen LogP) is 4.95. The van der Waals surface area contributed by atoms with E-state index in [4.69, 9.17) is 13.9 Å². The van der Waals surface area contributed by atoms with Gasteiger partial charge >= 0.3 is 5.97 Å². The SMILES string of the molecule is CCOC(=O)C1(CSc2ccc3oc(-c4ccncc4)cc3c2)CCOCC1. The van der Waals surface area contributed by atoms with Crippen molar-refractivity contribution in [2.75, 3.05) is 25.6 Å². The van der Waals surface area contributed by atoms with E-state index in [1.807, 2.05) is 37.3 Å². The Balaban J connectivity index is 1.53. The van der Waals surface area contributed by atoms with E-state index in [0.717, 1.165) is 27.2 Å². The molecule has 0 radical (unpaired) electrons. The van der Waals surface area contributed by atoms with Gasteiger partial charge in [0.15, 0.2) is 0 Å². The lowest BCUT2D eigenvalue weighted by molar-refractivity contribution is -0.159. The quantitative estimate of drug-likeness (QED) is 0.433. The van der Waals surface area contributed by atoms with Crippen LogP contribution in [0.5, 0.6) is 0 Å². The Kier molecular flexibility index (Phi) is 5.69. The number of ether oxygens (including phenoxy) is 2. The molecule has 1 aliphatic heterocycles. The summed E-state index contributed by atoms with van der Waals surface area (Å²) in [6.07, 6.45) is 4.93. The van der Waals surface area contributed by atoms with Gasteiger partial charge in [0.1, 0.15) is 11.3 Å². The van der Waals surface area contributed by atoms with Gasteiger partial charge in [0.25, 0.3) is 0 Å². The molecule has 28 heavy (non-hydrogen) atoms. The third-order valence-corrected chi connectivity index (χ3v) is 6.41. The standard InChI is InChI=1S/C22H23NO4S/c1-2-26-21(24)22(7-11-25-12-8-22)15-28-18-3-4-19-17(13-18)14-20(27-19)16-5-9-23-10-6-16/h3-6,9-10,13-14H,2,7-8,11-12,15H2,1H3. The summed E-state index contributed by atoms with van der Waals surface area (Å²) in [7, 11) is 0. The number of benzene rings is 1. The highest BCUT2D eigenvalue weighted by molar-refractivity contribution is 7.99. The number of pyridine rings is 1. The Hall–Kier alpha value is -2.31. The van der Waals surface area contributed by atoms with Crippen molar-refractivity contribution >= 4 is 28.7 Å². The number of esters is 1. The van der Waals surface area contributed by atoms with E-state index in [1.165, 1.54) is 0 Å². The average molecular weight is 397 g/mol. The van der Waals surface area contributed by atoms with E-state index >= 15 is 0 Å². The van der Waals surface area contributed by atoms with Crippen LogP contribution < -0.4 is 0 Å². The molecule has 0 N–H and O–H groups in total. The molecular formula is C22H23NO4S. The molecule has 4 rings (SSSR count). The molecule has 0 spiro atoms. The van der Waals surface area contributed by atoms with Crippen LogP contribution in [0, 0.1) is 5.41 Å². The maximum Gasteiger partial charge on any atom is 0.313 e. The van der Waals surface area contributed by atoms with Crippen molar-refractivity contribution in [1.82, 2.24) is 4.98 Å². The molecule has 1 aliphatic rings. The number of hydrogen-bond acceptors (Lipinski definition) is 6. The maximum absolute atomic E-state index is 12.6. The highest BCUT2D eigenvalue weighted by Crippen LogP contribution is 2.39. The molecule has 3 aromatic rings. The van der Waals surface area contributed by atoms with Crippen molar-refractivity contribution in [2.45, 2.75) is 24.7 Å². The minimum Gasteiger partial charge on any atom is -0.466 e. The smallest absolute Gasteiger partial charge is 0.313 e. The van der Waals surface area contributed by atoms with Crippen molar-refractivity contribution in [3.63, 3.8) is 0 Å². The Morgan fingerprint density at radius 2 is 1.96 bits per heavy atom. The van der Waals surface area contributed by atoms with Crippen LogP contribution in [0.2, 0.25) is 0 Å². The Morgan fingerprint density at radius 3 is 2.71 bits per heavy atom. The van der Waals surface area contributed by atoms with Crippen LogP contribution in [0.4, 0.5) is 0 Å². The number of furan rings is 1. The molecule has 0 atom stereocenters.